The van der Waals surface area contributed by atoms with E-state index in [0.717, 1.165) is 19.3 Å². The molecule has 0 saturated heterocycles. The molecule has 70 valence electrons. The van der Waals surface area contributed by atoms with Gasteiger partial charge in [0.05, 0.1) is 5.92 Å². The molecule has 4 heteroatoms. The highest BCUT2D eigenvalue weighted by atomic mass is 35.5. The minimum Gasteiger partial charge on any atom is -0.481 e. The fraction of sp³-hybridized carbons (Fsp3) is 0.875. The third kappa shape index (κ3) is 0.962. The summed E-state index contributed by atoms with van der Waals surface area (Å²) in [5.74, 6) is -0.780. The Hall–Kier alpha value is -0.280. The summed E-state index contributed by atoms with van der Waals surface area (Å²) >= 11 is 0. The second kappa shape index (κ2) is 2.89. The van der Waals surface area contributed by atoms with Crippen molar-refractivity contribution >= 4 is 18.4 Å². The van der Waals surface area contributed by atoms with Crippen LogP contribution < -0.4 is 5.73 Å². The topological polar surface area (TPSA) is 63.3 Å². The van der Waals surface area contributed by atoms with Crippen molar-refractivity contribution in [1.82, 2.24) is 0 Å². The lowest BCUT2D eigenvalue weighted by molar-refractivity contribution is -0.165. The molecule has 0 aromatic heterocycles. The molecule has 2 atom stereocenters. The average molecular weight is 192 g/mol. The fourth-order valence-corrected chi connectivity index (χ4v) is 2.47. The van der Waals surface area contributed by atoms with Gasteiger partial charge in [0, 0.05) is 6.04 Å². The molecule has 0 heterocycles. The van der Waals surface area contributed by atoms with Gasteiger partial charge in [0.25, 0.3) is 0 Å². The van der Waals surface area contributed by atoms with Crippen LogP contribution in [-0.4, -0.2) is 17.1 Å². The van der Waals surface area contributed by atoms with Crippen LogP contribution in [0.4, 0.5) is 0 Å². The molecule has 0 radical (unpaired) electrons. The molecule has 3 nitrogen and oxygen atoms in total. The van der Waals surface area contributed by atoms with Gasteiger partial charge >= 0.3 is 5.97 Å². The Kier molecular flexibility index (Phi) is 2.36. The molecule has 0 amide bonds. The number of halogens is 1. The van der Waals surface area contributed by atoms with E-state index in [9.17, 15) is 4.79 Å². The number of hydrogen-bond acceptors (Lipinski definition) is 2. The summed E-state index contributed by atoms with van der Waals surface area (Å²) in [6.45, 7) is 0. The van der Waals surface area contributed by atoms with Gasteiger partial charge in [-0.1, -0.05) is 6.42 Å². The largest absolute Gasteiger partial charge is 0.481 e. The lowest BCUT2D eigenvalue weighted by Crippen LogP contribution is -2.63. The van der Waals surface area contributed by atoms with E-state index in [0.29, 0.717) is 6.42 Å². The van der Waals surface area contributed by atoms with E-state index in [1.54, 1.807) is 0 Å². The van der Waals surface area contributed by atoms with Gasteiger partial charge in [0.2, 0.25) is 0 Å². The van der Waals surface area contributed by atoms with Crippen LogP contribution >= 0.6 is 12.4 Å². The van der Waals surface area contributed by atoms with Crippen LogP contribution in [0.25, 0.3) is 0 Å². The molecule has 2 fully saturated rings. The highest BCUT2D eigenvalue weighted by molar-refractivity contribution is 5.85. The van der Waals surface area contributed by atoms with Gasteiger partial charge in [-0.25, -0.2) is 0 Å². The third-order valence-corrected chi connectivity index (χ3v) is 3.50. The normalized spacial score (nSPS) is 36.1. The van der Waals surface area contributed by atoms with Gasteiger partial charge in [0.1, 0.15) is 0 Å². The van der Waals surface area contributed by atoms with Crippen LogP contribution in [0, 0.1) is 11.3 Å². The highest BCUT2D eigenvalue weighted by Gasteiger charge is 2.59. The zero-order chi connectivity index (χ0) is 8.06. The maximum absolute atomic E-state index is 10.7. The lowest BCUT2D eigenvalue weighted by Gasteiger charge is -2.58. The summed E-state index contributed by atoms with van der Waals surface area (Å²) in [4.78, 5) is 10.7. The van der Waals surface area contributed by atoms with Crippen LogP contribution in [0.2, 0.25) is 0 Å². The molecule has 0 aromatic rings. The zero-order valence-electron chi connectivity index (χ0n) is 6.82. The minimum atomic E-state index is -0.647. The second-order valence-electron chi connectivity index (χ2n) is 3.82. The molecule has 0 bridgehead atoms. The smallest absolute Gasteiger partial charge is 0.307 e. The van der Waals surface area contributed by atoms with E-state index in [1.165, 1.54) is 0 Å². The van der Waals surface area contributed by atoms with Crippen LogP contribution in [-0.2, 0) is 4.79 Å². The maximum Gasteiger partial charge on any atom is 0.307 e. The van der Waals surface area contributed by atoms with Crippen molar-refractivity contribution < 1.29 is 9.90 Å². The predicted molar refractivity (Wildman–Crippen MR) is 47.3 cm³/mol. The number of carbonyl (C=O) groups is 1. The van der Waals surface area contributed by atoms with Gasteiger partial charge in [-0.3, -0.25) is 4.79 Å². The average Bonchev–Trinajstić information content (AvgIpc) is 1.78. The zero-order valence-corrected chi connectivity index (χ0v) is 7.64. The second-order valence-corrected chi connectivity index (χ2v) is 3.82. The van der Waals surface area contributed by atoms with E-state index in [4.69, 9.17) is 10.8 Å². The van der Waals surface area contributed by atoms with Gasteiger partial charge in [-0.05, 0) is 24.7 Å². The van der Waals surface area contributed by atoms with Crippen molar-refractivity contribution in [2.45, 2.75) is 31.7 Å². The first-order valence-corrected chi connectivity index (χ1v) is 4.15. The molecule has 0 aliphatic heterocycles. The quantitative estimate of drug-likeness (QED) is 0.650. The highest BCUT2D eigenvalue weighted by Crippen LogP contribution is 2.58. The summed E-state index contributed by atoms with van der Waals surface area (Å²) in [7, 11) is 0. The van der Waals surface area contributed by atoms with Gasteiger partial charge in [-0.15, -0.1) is 12.4 Å². The molecule has 1 spiro atoms. The molecule has 3 N–H and O–H groups in total. The molecular weight excluding hydrogens is 178 g/mol. The molecule has 2 rings (SSSR count). The molecule has 2 aliphatic rings. The Morgan fingerprint density at radius 3 is 2.25 bits per heavy atom. The molecule has 2 aliphatic carbocycles. The summed E-state index contributed by atoms with van der Waals surface area (Å²) in [6, 6.07) is 0.164. The van der Waals surface area contributed by atoms with Gasteiger partial charge in [-0.2, -0.15) is 0 Å². The Labute approximate surface area is 77.7 Å². The first-order chi connectivity index (χ1) is 5.17. The first-order valence-electron chi connectivity index (χ1n) is 4.15. The molecular formula is C8H14ClNO2. The molecule has 0 aromatic carbocycles. The van der Waals surface area contributed by atoms with Crippen molar-refractivity contribution in [1.29, 1.82) is 0 Å². The Morgan fingerprint density at radius 1 is 1.50 bits per heavy atom. The van der Waals surface area contributed by atoms with Gasteiger partial charge in [0.15, 0.2) is 0 Å². The molecule has 0 unspecified atom stereocenters. The van der Waals surface area contributed by atoms with Crippen molar-refractivity contribution in [2.24, 2.45) is 17.1 Å². The van der Waals surface area contributed by atoms with E-state index in [1.807, 2.05) is 0 Å². The van der Waals surface area contributed by atoms with Crippen molar-refractivity contribution in [3.8, 4) is 0 Å². The van der Waals surface area contributed by atoms with Crippen LogP contribution in [0.1, 0.15) is 25.7 Å². The van der Waals surface area contributed by atoms with E-state index in [2.05, 4.69) is 0 Å². The number of carboxylic acids is 1. The number of carboxylic acid groups (broad SMARTS) is 1. The Balaban J connectivity index is 0.000000720. The number of rotatable bonds is 1. The summed E-state index contributed by atoms with van der Waals surface area (Å²) < 4.78 is 0. The van der Waals surface area contributed by atoms with Gasteiger partial charge < -0.3 is 10.8 Å². The summed E-state index contributed by atoms with van der Waals surface area (Å²) in [6.07, 6.45) is 3.92. The number of aliphatic carboxylic acids is 1. The maximum atomic E-state index is 10.7. The third-order valence-electron chi connectivity index (χ3n) is 3.50. The standard InChI is InChI=1S/C8H13NO2.ClH/c9-6-4-5(7(10)11)8(6)2-1-3-8;/h5-6H,1-4,9H2,(H,10,11);1H/t5-,6-;/m1./s1. The van der Waals surface area contributed by atoms with Crippen LogP contribution in [0.15, 0.2) is 0 Å². The fourth-order valence-electron chi connectivity index (χ4n) is 2.47. The van der Waals surface area contributed by atoms with E-state index >= 15 is 0 Å². The predicted octanol–water partition coefficient (Wildman–Crippen LogP) is 1.01. The number of hydrogen-bond donors (Lipinski definition) is 2. The summed E-state index contributed by atoms with van der Waals surface area (Å²) in [5, 5.41) is 8.80. The minimum absolute atomic E-state index is 0. The van der Waals surface area contributed by atoms with Crippen molar-refractivity contribution in [3.63, 3.8) is 0 Å². The van der Waals surface area contributed by atoms with Crippen LogP contribution in [0.3, 0.4) is 0 Å². The van der Waals surface area contributed by atoms with Crippen molar-refractivity contribution in [2.75, 3.05) is 0 Å². The summed E-state index contributed by atoms with van der Waals surface area (Å²) in [5.41, 5.74) is 5.80. The number of nitrogens with two attached hydrogens (primary N) is 1. The van der Waals surface area contributed by atoms with Crippen LogP contribution in [0.5, 0.6) is 0 Å². The van der Waals surface area contributed by atoms with E-state index < -0.39 is 5.97 Å². The first kappa shape index (κ1) is 9.81. The lowest BCUT2D eigenvalue weighted by atomic mass is 9.47. The SMILES string of the molecule is Cl.N[C@@H]1C[C@H](C(=O)O)C12CCC2. The Morgan fingerprint density at radius 2 is 2.08 bits per heavy atom. The monoisotopic (exact) mass is 191 g/mol. The molecule has 12 heavy (non-hydrogen) atoms. The van der Waals surface area contributed by atoms with Crippen molar-refractivity contribution in [3.05, 3.63) is 0 Å². The van der Waals surface area contributed by atoms with E-state index in [-0.39, 0.29) is 29.8 Å². The Bertz CT molecular complexity index is 203. The molecule has 2 saturated carbocycles.